The molecule has 1 saturated heterocycles. The van der Waals surface area contributed by atoms with Gasteiger partial charge in [0.15, 0.2) is 6.10 Å². The van der Waals surface area contributed by atoms with E-state index in [2.05, 4.69) is 4.90 Å². The molecule has 0 radical (unpaired) electrons. The Bertz CT molecular complexity index is 995. The minimum Gasteiger partial charge on any atom is -0.378 e. The van der Waals surface area contributed by atoms with E-state index >= 15 is 0 Å². The van der Waals surface area contributed by atoms with E-state index in [1.807, 2.05) is 31.2 Å². The second-order valence-electron chi connectivity index (χ2n) is 8.31. The van der Waals surface area contributed by atoms with Crippen molar-refractivity contribution in [3.05, 3.63) is 41.6 Å². The van der Waals surface area contributed by atoms with Crippen LogP contribution in [0.5, 0.6) is 0 Å². The number of benzene rings is 1. The molecule has 3 N–H and O–H groups in total. The van der Waals surface area contributed by atoms with Crippen molar-refractivity contribution in [2.45, 2.75) is 50.6 Å². The van der Waals surface area contributed by atoms with Crippen LogP contribution in [0.15, 0.2) is 30.3 Å². The van der Waals surface area contributed by atoms with Gasteiger partial charge >= 0.3 is 6.18 Å². The molecule has 2 aromatic rings. The van der Waals surface area contributed by atoms with E-state index in [0.717, 1.165) is 42.6 Å². The number of para-hydroxylation sites is 1. The van der Waals surface area contributed by atoms with Crippen LogP contribution >= 0.6 is 0 Å². The van der Waals surface area contributed by atoms with Crippen LogP contribution in [0.2, 0.25) is 0 Å². The highest BCUT2D eigenvalue weighted by atomic mass is 19.4. The average Bonchev–Trinajstić information content (AvgIpc) is 3.01. The fraction of sp³-hybridized carbons (Fsp3) is 0.524. The Morgan fingerprint density at radius 1 is 1.25 bits per heavy atom. The minimum atomic E-state index is -4.74. The largest absolute Gasteiger partial charge is 0.420 e. The lowest BCUT2D eigenvalue weighted by Gasteiger charge is -2.60. The number of piperidine rings is 1. The lowest BCUT2D eigenvalue weighted by Crippen LogP contribution is -2.69. The highest BCUT2D eigenvalue weighted by Crippen LogP contribution is 2.58. The van der Waals surface area contributed by atoms with Crippen LogP contribution in [0, 0.1) is 5.41 Å². The molecular formula is C21H24F3N3O. The van der Waals surface area contributed by atoms with Crippen molar-refractivity contribution >= 4 is 16.6 Å². The molecule has 3 aliphatic heterocycles. The first-order valence-corrected chi connectivity index (χ1v) is 9.89. The number of aliphatic hydroxyl groups is 1. The molecular weight excluding hydrogens is 367 g/mol. The molecule has 28 heavy (non-hydrogen) atoms. The minimum absolute atomic E-state index is 0.100. The fourth-order valence-electron chi connectivity index (χ4n) is 5.86. The van der Waals surface area contributed by atoms with E-state index in [1.54, 1.807) is 10.6 Å². The van der Waals surface area contributed by atoms with Crippen molar-refractivity contribution in [2.75, 3.05) is 13.1 Å². The molecule has 3 atom stereocenters. The van der Waals surface area contributed by atoms with Gasteiger partial charge in [0.2, 0.25) is 0 Å². The lowest BCUT2D eigenvalue weighted by molar-refractivity contribution is -0.186. The highest BCUT2D eigenvalue weighted by Gasteiger charge is 2.61. The van der Waals surface area contributed by atoms with Crippen molar-refractivity contribution in [1.29, 1.82) is 0 Å². The van der Waals surface area contributed by atoms with Crippen LogP contribution in [0.1, 0.15) is 37.4 Å². The summed E-state index contributed by atoms with van der Waals surface area (Å²) in [5.74, 6) is 0. The van der Waals surface area contributed by atoms with Gasteiger partial charge in [0, 0.05) is 23.9 Å². The van der Waals surface area contributed by atoms with Crippen molar-refractivity contribution < 1.29 is 18.3 Å². The molecule has 1 unspecified atom stereocenters. The van der Waals surface area contributed by atoms with E-state index in [1.165, 1.54) is 0 Å². The number of hydrogen-bond acceptors (Lipinski definition) is 3. The second-order valence-corrected chi connectivity index (χ2v) is 8.31. The molecule has 0 aliphatic carbocycles. The van der Waals surface area contributed by atoms with Crippen LogP contribution in [0.4, 0.5) is 13.2 Å². The Morgan fingerprint density at radius 2 is 2.00 bits per heavy atom. The van der Waals surface area contributed by atoms with Crippen molar-refractivity contribution in [1.82, 2.24) is 9.47 Å². The molecule has 0 bridgehead atoms. The Morgan fingerprint density at radius 3 is 2.71 bits per heavy atom. The van der Waals surface area contributed by atoms with Crippen molar-refractivity contribution in [3.63, 3.8) is 0 Å². The molecule has 4 nitrogen and oxygen atoms in total. The summed E-state index contributed by atoms with van der Waals surface area (Å²) < 4.78 is 42.5. The summed E-state index contributed by atoms with van der Waals surface area (Å²) in [6, 6.07) is 7.49. The summed E-state index contributed by atoms with van der Waals surface area (Å²) >= 11 is 0. The maximum Gasteiger partial charge on any atom is 0.420 e. The third kappa shape index (κ3) is 2.02. The standard InChI is InChI=1S/C21H24F3N3O/c1-2-19-9-5-10-26-11-8-14-13-6-3-4-7-15(13)27(17(14)20(19,26)25)16(12-19)18(28)21(22,23)24/h3-4,6-7,12,18,28H,2,5,8-11,25H2,1H3/t18?,19-,20+/m0/s1. The van der Waals surface area contributed by atoms with Crippen molar-refractivity contribution in [2.24, 2.45) is 11.1 Å². The highest BCUT2D eigenvalue weighted by molar-refractivity contribution is 5.91. The van der Waals surface area contributed by atoms with Crippen LogP contribution in [-0.4, -0.2) is 39.9 Å². The van der Waals surface area contributed by atoms with Gasteiger partial charge < -0.3 is 15.4 Å². The van der Waals surface area contributed by atoms with Gasteiger partial charge in [0.25, 0.3) is 0 Å². The smallest absolute Gasteiger partial charge is 0.378 e. The summed E-state index contributed by atoms with van der Waals surface area (Å²) in [6.07, 6.45) is -2.67. The Hall–Kier alpha value is -1.83. The molecule has 1 aromatic heterocycles. The molecule has 0 saturated carbocycles. The SMILES string of the molecule is CC[C@@]12C=C(C(O)C(F)(F)F)n3c4c(c5ccccc53)CCN(CCC1)[C@]42N. The first-order chi connectivity index (χ1) is 13.2. The summed E-state index contributed by atoms with van der Waals surface area (Å²) in [5.41, 5.74) is 8.00. The van der Waals surface area contributed by atoms with Gasteiger partial charge in [0.05, 0.1) is 16.9 Å². The Balaban J connectivity index is 1.91. The van der Waals surface area contributed by atoms with Crippen LogP contribution < -0.4 is 5.73 Å². The molecule has 5 rings (SSSR count). The van der Waals surface area contributed by atoms with E-state index in [4.69, 9.17) is 5.73 Å². The lowest BCUT2D eigenvalue weighted by atomic mass is 9.62. The number of nitrogens with two attached hydrogens (primary N) is 1. The number of nitrogens with zero attached hydrogens (tertiary/aromatic N) is 2. The first-order valence-electron chi connectivity index (χ1n) is 9.89. The van der Waals surface area contributed by atoms with Gasteiger partial charge in [0.1, 0.15) is 5.66 Å². The molecule has 1 fully saturated rings. The summed E-state index contributed by atoms with van der Waals surface area (Å²) in [5, 5.41) is 11.3. The zero-order chi connectivity index (χ0) is 19.9. The molecule has 0 amide bonds. The van der Waals surface area contributed by atoms with Crippen molar-refractivity contribution in [3.8, 4) is 0 Å². The number of fused-ring (bicyclic) bond motifs is 3. The third-order valence-corrected chi connectivity index (χ3v) is 7.18. The van der Waals surface area contributed by atoms with Gasteiger partial charge in [-0.2, -0.15) is 13.2 Å². The summed E-state index contributed by atoms with van der Waals surface area (Å²) in [6.45, 7) is 3.62. The third-order valence-electron chi connectivity index (χ3n) is 7.18. The maximum absolute atomic E-state index is 13.6. The molecule has 0 spiro atoms. The van der Waals surface area contributed by atoms with E-state index in [9.17, 15) is 18.3 Å². The maximum atomic E-state index is 13.6. The molecule has 4 heterocycles. The fourth-order valence-corrected chi connectivity index (χ4v) is 5.86. The van der Waals surface area contributed by atoms with Crippen LogP contribution in [0.25, 0.3) is 16.6 Å². The van der Waals surface area contributed by atoms with E-state index < -0.39 is 23.4 Å². The Kier molecular flexibility index (Phi) is 3.65. The van der Waals surface area contributed by atoms with Gasteiger partial charge in [-0.25, -0.2) is 0 Å². The number of alkyl halides is 3. The molecule has 7 heteroatoms. The van der Waals surface area contributed by atoms with Crippen LogP contribution in [-0.2, 0) is 12.1 Å². The van der Waals surface area contributed by atoms with Gasteiger partial charge in [-0.15, -0.1) is 0 Å². The number of hydrogen-bond donors (Lipinski definition) is 2. The number of rotatable bonds is 2. The first kappa shape index (κ1) is 18.2. The van der Waals surface area contributed by atoms with E-state index in [0.29, 0.717) is 18.4 Å². The predicted molar refractivity (Wildman–Crippen MR) is 101 cm³/mol. The van der Waals surface area contributed by atoms with Gasteiger partial charge in [-0.05, 0) is 37.3 Å². The quantitative estimate of drug-likeness (QED) is 0.823. The summed E-state index contributed by atoms with van der Waals surface area (Å²) in [4.78, 5) is 2.24. The Labute approximate surface area is 161 Å². The van der Waals surface area contributed by atoms with Gasteiger partial charge in [-0.3, -0.25) is 4.90 Å². The molecule has 3 aliphatic rings. The zero-order valence-electron chi connectivity index (χ0n) is 15.8. The molecule has 1 aromatic carbocycles. The second kappa shape index (κ2) is 5.62. The van der Waals surface area contributed by atoms with Gasteiger partial charge in [-0.1, -0.05) is 31.2 Å². The normalized spacial score (nSPS) is 30.9. The molecule has 150 valence electrons. The predicted octanol–water partition coefficient (Wildman–Crippen LogP) is 3.58. The van der Waals surface area contributed by atoms with Crippen LogP contribution in [0.3, 0.4) is 0 Å². The number of aromatic nitrogens is 1. The monoisotopic (exact) mass is 391 g/mol. The topological polar surface area (TPSA) is 54.4 Å². The average molecular weight is 391 g/mol. The van der Waals surface area contributed by atoms with E-state index in [-0.39, 0.29) is 5.70 Å². The number of halogens is 3. The zero-order valence-corrected chi connectivity index (χ0v) is 15.8. The number of aliphatic hydroxyl groups excluding tert-OH is 1. The summed E-state index contributed by atoms with van der Waals surface area (Å²) in [7, 11) is 0.